The first-order valence-electron chi connectivity index (χ1n) is 12.2. The molecule has 1 aliphatic rings. The molecule has 0 saturated carbocycles. The monoisotopic (exact) mass is 451 g/mol. The van der Waals surface area contributed by atoms with Gasteiger partial charge in [0.15, 0.2) is 0 Å². The highest BCUT2D eigenvalue weighted by Crippen LogP contribution is 2.24. The fraction of sp³-hybridized carbons (Fsp3) is 0.310. The van der Waals surface area contributed by atoms with E-state index in [1.165, 1.54) is 16.7 Å². The summed E-state index contributed by atoms with van der Waals surface area (Å²) < 4.78 is 1.94. The van der Waals surface area contributed by atoms with Gasteiger partial charge in [-0.25, -0.2) is 4.68 Å². The fourth-order valence-corrected chi connectivity index (χ4v) is 4.62. The molecule has 0 radical (unpaired) electrons. The third-order valence-corrected chi connectivity index (χ3v) is 6.70. The molecule has 1 aromatic heterocycles. The summed E-state index contributed by atoms with van der Waals surface area (Å²) in [6, 6.07) is 28.2. The van der Waals surface area contributed by atoms with Gasteiger partial charge in [0.1, 0.15) is 0 Å². The highest BCUT2D eigenvalue weighted by molar-refractivity contribution is 5.61. The van der Waals surface area contributed by atoms with Gasteiger partial charge in [-0.3, -0.25) is 9.80 Å². The Hall–Kier alpha value is -3.28. The summed E-state index contributed by atoms with van der Waals surface area (Å²) in [5, 5.41) is 8.57. The van der Waals surface area contributed by atoms with E-state index in [4.69, 9.17) is 0 Å². The van der Waals surface area contributed by atoms with Crippen molar-refractivity contribution in [3.8, 4) is 16.9 Å². The Balaban J connectivity index is 1.21. The fourth-order valence-electron chi connectivity index (χ4n) is 4.62. The predicted octanol–water partition coefficient (Wildman–Crippen LogP) is 5.38. The number of rotatable bonds is 7. The maximum atomic E-state index is 4.37. The zero-order chi connectivity index (χ0) is 23.3. The highest BCUT2D eigenvalue weighted by atomic mass is 15.4. The molecule has 5 heteroatoms. The van der Waals surface area contributed by atoms with Crippen LogP contribution in [0, 0.1) is 0 Å². The zero-order valence-corrected chi connectivity index (χ0v) is 20.1. The van der Waals surface area contributed by atoms with Gasteiger partial charge in [-0.05, 0) is 34.7 Å². The predicted molar refractivity (Wildman–Crippen MR) is 138 cm³/mol. The van der Waals surface area contributed by atoms with Crippen molar-refractivity contribution in [1.29, 1.82) is 0 Å². The Morgan fingerprint density at radius 2 is 1.38 bits per heavy atom. The second kappa shape index (κ2) is 10.3. The molecule has 0 N–H and O–H groups in total. The van der Waals surface area contributed by atoms with Gasteiger partial charge in [0.05, 0.1) is 17.6 Å². The lowest BCUT2D eigenvalue weighted by Crippen LogP contribution is -2.45. The van der Waals surface area contributed by atoms with Crippen LogP contribution in [-0.4, -0.2) is 51.0 Å². The lowest BCUT2D eigenvalue weighted by Gasteiger charge is -2.34. The molecule has 4 aromatic rings. The minimum Gasteiger partial charge on any atom is -0.297 e. The number of aromatic nitrogens is 3. The number of hydrogen-bond acceptors (Lipinski definition) is 4. The molecule has 0 aliphatic carbocycles. The van der Waals surface area contributed by atoms with Crippen LogP contribution in [-0.2, 0) is 13.1 Å². The van der Waals surface area contributed by atoms with E-state index in [2.05, 4.69) is 113 Å². The molecule has 1 aliphatic heterocycles. The van der Waals surface area contributed by atoms with Gasteiger partial charge < -0.3 is 0 Å². The minimum absolute atomic E-state index is 0.478. The molecule has 0 amide bonds. The minimum atomic E-state index is 0.478. The highest BCUT2D eigenvalue weighted by Gasteiger charge is 2.17. The van der Waals surface area contributed by atoms with E-state index in [0.717, 1.165) is 56.2 Å². The molecular formula is C29H33N5. The van der Waals surface area contributed by atoms with Crippen LogP contribution in [0.1, 0.15) is 36.5 Å². The van der Waals surface area contributed by atoms with E-state index in [-0.39, 0.29) is 0 Å². The molecule has 5 rings (SSSR count). The Morgan fingerprint density at radius 1 is 0.735 bits per heavy atom. The van der Waals surface area contributed by atoms with Gasteiger partial charge in [-0.2, -0.15) is 0 Å². The first kappa shape index (κ1) is 22.5. The maximum absolute atomic E-state index is 4.37. The summed E-state index contributed by atoms with van der Waals surface area (Å²) in [4.78, 5) is 5.11. The van der Waals surface area contributed by atoms with Crippen LogP contribution < -0.4 is 0 Å². The summed E-state index contributed by atoms with van der Waals surface area (Å²) in [6.07, 6.45) is 1.85. The van der Waals surface area contributed by atoms with Gasteiger partial charge in [0.25, 0.3) is 0 Å². The van der Waals surface area contributed by atoms with E-state index in [1.54, 1.807) is 0 Å². The van der Waals surface area contributed by atoms with Gasteiger partial charge in [-0.15, -0.1) is 5.10 Å². The van der Waals surface area contributed by atoms with Crippen molar-refractivity contribution in [3.63, 3.8) is 0 Å². The van der Waals surface area contributed by atoms with E-state index in [0.29, 0.717) is 5.92 Å². The van der Waals surface area contributed by atoms with Crippen molar-refractivity contribution < 1.29 is 0 Å². The van der Waals surface area contributed by atoms with Gasteiger partial charge in [0.2, 0.25) is 0 Å². The standard InChI is InChI=1S/C29H33N5/c1-23(2)27-9-6-10-28(19-27)34-29(20-30-31-34)26-13-11-25(12-14-26)22-33-17-15-32(16-18-33)21-24-7-4-3-5-8-24/h3-14,19-20,23H,15-18,21-22H2,1-2H3. The zero-order valence-electron chi connectivity index (χ0n) is 20.1. The topological polar surface area (TPSA) is 37.2 Å². The second-order valence-corrected chi connectivity index (χ2v) is 9.52. The van der Waals surface area contributed by atoms with E-state index in [1.807, 2.05) is 10.9 Å². The van der Waals surface area contributed by atoms with Crippen molar-refractivity contribution in [3.05, 3.63) is 102 Å². The third kappa shape index (κ3) is 5.27. The van der Waals surface area contributed by atoms with Crippen LogP contribution >= 0.6 is 0 Å². The van der Waals surface area contributed by atoms with Crippen LogP contribution in [0.25, 0.3) is 16.9 Å². The van der Waals surface area contributed by atoms with Gasteiger partial charge in [0, 0.05) is 44.8 Å². The number of nitrogens with zero attached hydrogens (tertiary/aromatic N) is 5. The SMILES string of the molecule is CC(C)c1cccc(-n2nncc2-c2ccc(CN3CCN(Cc4ccccc4)CC3)cc2)c1. The number of hydrogen-bond donors (Lipinski definition) is 0. The van der Waals surface area contributed by atoms with Crippen molar-refractivity contribution in [2.75, 3.05) is 26.2 Å². The number of benzene rings is 3. The molecule has 174 valence electrons. The van der Waals surface area contributed by atoms with E-state index < -0.39 is 0 Å². The molecule has 0 atom stereocenters. The van der Waals surface area contributed by atoms with E-state index in [9.17, 15) is 0 Å². The smallest absolute Gasteiger partial charge is 0.0944 e. The summed E-state index contributed by atoms with van der Waals surface area (Å²) in [5.41, 5.74) is 7.25. The maximum Gasteiger partial charge on any atom is 0.0944 e. The third-order valence-electron chi connectivity index (χ3n) is 6.70. The summed E-state index contributed by atoms with van der Waals surface area (Å²) in [5.74, 6) is 0.478. The van der Waals surface area contributed by atoms with Crippen molar-refractivity contribution in [1.82, 2.24) is 24.8 Å². The second-order valence-electron chi connectivity index (χ2n) is 9.52. The lowest BCUT2D eigenvalue weighted by molar-refractivity contribution is 0.122. The molecule has 2 heterocycles. The molecular weight excluding hydrogens is 418 g/mol. The molecule has 3 aromatic carbocycles. The van der Waals surface area contributed by atoms with E-state index >= 15 is 0 Å². The van der Waals surface area contributed by atoms with Crippen molar-refractivity contribution in [2.45, 2.75) is 32.9 Å². The molecule has 34 heavy (non-hydrogen) atoms. The normalized spacial score (nSPS) is 15.1. The summed E-state index contributed by atoms with van der Waals surface area (Å²) in [6.45, 7) is 10.9. The molecule has 1 saturated heterocycles. The Morgan fingerprint density at radius 3 is 2.03 bits per heavy atom. The average Bonchev–Trinajstić information content (AvgIpc) is 3.37. The van der Waals surface area contributed by atoms with Crippen molar-refractivity contribution in [2.24, 2.45) is 0 Å². The molecule has 1 fully saturated rings. The lowest BCUT2D eigenvalue weighted by atomic mass is 10.0. The average molecular weight is 452 g/mol. The summed E-state index contributed by atoms with van der Waals surface area (Å²) in [7, 11) is 0. The summed E-state index contributed by atoms with van der Waals surface area (Å²) >= 11 is 0. The largest absolute Gasteiger partial charge is 0.297 e. The van der Waals surface area contributed by atoms with Crippen LogP contribution in [0.15, 0.2) is 85.1 Å². The van der Waals surface area contributed by atoms with Crippen LogP contribution in [0.4, 0.5) is 0 Å². The first-order valence-corrected chi connectivity index (χ1v) is 12.2. The Kier molecular flexibility index (Phi) is 6.84. The molecule has 0 bridgehead atoms. The first-order chi connectivity index (χ1) is 16.7. The number of piperazine rings is 1. The van der Waals surface area contributed by atoms with Gasteiger partial charge in [-0.1, -0.05) is 85.8 Å². The quantitative estimate of drug-likeness (QED) is 0.378. The molecule has 0 spiro atoms. The van der Waals surface area contributed by atoms with Crippen molar-refractivity contribution >= 4 is 0 Å². The Bertz CT molecular complexity index is 1190. The Labute approximate surface area is 202 Å². The molecule has 0 unspecified atom stereocenters. The van der Waals surface area contributed by atoms with Crippen LogP contribution in [0.2, 0.25) is 0 Å². The van der Waals surface area contributed by atoms with Gasteiger partial charge >= 0.3 is 0 Å². The molecule has 5 nitrogen and oxygen atoms in total. The van der Waals surface area contributed by atoms with Crippen LogP contribution in [0.3, 0.4) is 0 Å². The van der Waals surface area contributed by atoms with Crippen LogP contribution in [0.5, 0.6) is 0 Å².